The number of nitrogens with one attached hydrogen (secondary N) is 2. The van der Waals surface area contributed by atoms with Gasteiger partial charge >= 0.3 is 12.1 Å². The minimum Gasteiger partial charge on any atom is -0.480 e. The Labute approximate surface area is 197 Å². The fraction of sp³-hybridized carbons (Fsp3) is 0.423. The first-order chi connectivity index (χ1) is 16.5. The van der Waals surface area contributed by atoms with E-state index < -0.39 is 42.6 Å². The minimum atomic E-state index is -1.36. The summed E-state index contributed by atoms with van der Waals surface area (Å²) >= 11 is 0. The summed E-state index contributed by atoms with van der Waals surface area (Å²) in [4.78, 5) is 36.9. The molecule has 0 heterocycles. The van der Waals surface area contributed by atoms with Gasteiger partial charge in [-0.3, -0.25) is 4.79 Å². The molecule has 0 saturated heterocycles. The van der Waals surface area contributed by atoms with Crippen LogP contribution in [0.5, 0.6) is 0 Å². The second-order valence-corrected chi connectivity index (χ2v) is 9.44. The predicted octanol–water partition coefficient (Wildman–Crippen LogP) is 2.50. The van der Waals surface area contributed by atoms with Crippen LogP contribution < -0.4 is 10.6 Å². The molecule has 2 aromatic carbocycles. The Morgan fingerprint density at radius 1 is 0.971 bits per heavy atom. The van der Waals surface area contributed by atoms with Crippen molar-refractivity contribution in [3.63, 3.8) is 0 Å². The third-order valence-electron chi connectivity index (χ3n) is 7.64. The molecule has 4 N–H and O–H groups in total. The predicted molar refractivity (Wildman–Crippen MR) is 123 cm³/mol. The number of carbonyl (C=O) groups excluding carboxylic acids is 2. The second kappa shape index (κ2) is 9.10. The van der Waals surface area contributed by atoms with E-state index in [0.717, 1.165) is 41.5 Å². The molecule has 3 aliphatic rings. The molecule has 0 aromatic heterocycles. The van der Waals surface area contributed by atoms with Crippen molar-refractivity contribution in [1.82, 2.24) is 10.6 Å². The molecule has 0 radical (unpaired) electrons. The molecule has 5 rings (SSSR count). The zero-order valence-corrected chi connectivity index (χ0v) is 18.6. The highest BCUT2D eigenvalue weighted by molar-refractivity contribution is 5.86. The standard InChI is InChI=1S/C26H28N2O6/c29-12-21(25(31)32)27-24(30)22-14-9-10-15(11-14)23(22)28-26(33)34-13-20-18-7-3-1-5-16(18)17-6-2-4-8-19(17)20/h1-8,14-15,20-23,29H,9-13H2,(H,27,30)(H,28,33)(H,31,32). The van der Waals surface area contributed by atoms with E-state index in [1.165, 1.54) is 0 Å². The topological polar surface area (TPSA) is 125 Å². The van der Waals surface area contributed by atoms with Gasteiger partial charge in [0.2, 0.25) is 5.91 Å². The van der Waals surface area contributed by atoms with Crippen molar-refractivity contribution in [3.8, 4) is 11.1 Å². The first-order valence-corrected chi connectivity index (χ1v) is 11.7. The summed E-state index contributed by atoms with van der Waals surface area (Å²) in [5.74, 6) is -2.10. The van der Waals surface area contributed by atoms with Crippen molar-refractivity contribution in [3.05, 3.63) is 59.7 Å². The number of carbonyl (C=O) groups is 3. The van der Waals surface area contributed by atoms with E-state index in [4.69, 9.17) is 9.84 Å². The summed E-state index contributed by atoms with van der Waals surface area (Å²) in [7, 11) is 0. The quantitative estimate of drug-likeness (QED) is 0.499. The molecule has 3 aliphatic carbocycles. The van der Waals surface area contributed by atoms with Crippen LogP contribution in [-0.2, 0) is 14.3 Å². The summed E-state index contributed by atoms with van der Waals surface area (Å²) in [5.41, 5.74) is 4.54. The smallest absolute Gasteiger partial charge is 0.407 e. The average Bonchev–Trinajstić information content (AvgIpc) is 3.53. The van der Waals surface area contributed by atoms with E-state index >= 15 is 0 Å². The number of rotatable bonds is 7. The molecule has 5 unspecified atom stereocenters. The number of aliphatic carboxylic acids is 1. The fourth-order valence-corrected chi connectivity index (χ4v) is 6.11. The average molecular weight is 465 g/mol. The maximum absolute atomic E-state index is 12.9. The van der Waals surface area contributed by atoms with Gasteiger partial charge < -0.3 is 25.6 Å². The lowest BCUT2D eigenvalue weighted by Crippen LogP contribution is -2.53. The van der Waals surface area contributed by atoms with Gasteiger partial charge in [-0.1, -0.05) is 48.5 Å². The fourth-order valence-electron chi connectivity index (χ4n) is 6.11. The summed E-state index contributed by atoms with van der Waals surface area (Å²) in [6.45, 7) is -0.504. The van der Waals surface area contributed by atoms with Crippen molar-refractivity contribution in [2.75, 3.05) is 13.2 Å². The zero-order chi connectivity index (χ0) is 23.8. The lowest BCUT2D eigenvalue weighted by atomic mass is 9.83. The maximum atomic E-state index is 12.9. The van der Waals surface area contributed by atoms with Crippen LogP contribution in [0.1, 0.15) is 36.3 Å². The molecule has 2 bridgehead atoms. The molecular formula is C26H28N2O6. The van der Waals surface area contributed by atoms with Gasteiger partial charge in [-0.15, -0.1) is 0 Å². The van der Waals surface area contributed by atoms with Gasteiger partial charge in [0.05, 0.1) is 12.5 Å². The maximum Gasteiger partial charge on any atom is 0.407 e. The van der Waals surface area contributed by atoms with E-state index in [2.05, 4.69) is 34.9 Å². The van der Waals surface area contributed by atoms with E-state index in [-0.39, 0.29) is 24.4 Å². The minimum absolute atomic E-state index is 0.0573. The Kier molecular flexibility index (Phi) is 6.00. The summed E-state index contributed by atoms with van der Waals surface area (Å²) in [6, 6.07) is 14.4. The summed E-state index contributed by atoms with van der Waals surface area (Å²) in [6.07, 6.45) is 2.01. The Morgan fingerprint density at radius 3 is 2.21 bits per heavy atom. The SMILES string of the molecule is O=C(NC1C2CCC(C2)C1C(=O)NC(CO)C(=O)O)OCC1c2ccccc2-c2ccccc21. The van der Waals surface area contributed by atoms with Gasteiger partial charge in [0.1, 0.15) is 12.6 Å². The number of benzene rings is 2. The lowest BCUT2D eigenvalue weighted by molar-refractivity contribution is -0.144. The van der Waals surface area contributed by atoms with Gasteiger partial charge in [-0.05, 0) is 53.4 Å². The van der Waals surface area contributed by atoms with E-state index in [0.29, 0.717) is 0 Å². The molecular weight excluding hydrogens is 436 g/mol. The molecule has 2 saturated carbocycles. The molecule has 8 heteroatoms. The first kappa shape index (κ1) is 22.4. The Hall–Kier alpha value is -3.39. The summed E-state index contributed by atoms with van der Waals surface area (Å²) < 4.78 is 5.66. The number of aliphatic hydroxyl groups is 1. The van der Waals surface area contributed by atoms with Crippen LogP contribution in [0, 0.1) is 17.8 Å². The molecule has 5 atom stereocenters. The highest BCUT2D eigenvalue weighted by Crippen LogP contribution is 2.49. The highest BCUT2D eigenvalue weighted by atomic mass is 16.5. The number of amides is 2. The van der Waals surface area contributed by atoms with Crippen LogP contribution in [0.4, 0.5) is 4.79 Å². The number of alkyl carbamates (subject to hydrolysis) is 1. The lowest BCUT2D eigenvalue weighted by Gasteiger charge is -2.31. The number of hydrogen-bond acceptors (Lipinski definition) is 5. The molecule has 178 valence electrons. The number of hydrogen-bond donors (Lipinski definition) is 4. The van der Waals surface area contributed by atoms with Crippen molar-refractivity contribution >= 4 is 18.0 Å². The van der Waals surface area contributed by atoms with Crippen molar-refractivity contribution in [1.29, 1.82) is 0 Å². The number of ether oxygens (including phenoxy) is 1. The number of carboxylic acid groups (broad SMARTS) is 1. The van der Waals surface area contributed by atoms with Crippen LogP contribution in [0.25, 0.3) is 11.1 Å². The van der Waals surface area contributed by atoms with E-state index in [1.54, 1.807) is 0 Å². The number of carboxylic acids is 1. The van der Waals surface area contributed by atoms with Crippen molar-refractivity contribution < 1.29 is 29.3 Å². The van der Waals surface area contributed by atoms with Gasteiger partial charge in [-0.2, -0.15) is 0 Å². The Balaban J connectivity index is 1.25. The van der Waals surface area contributed by atoms with Gasteiger partial charge in [0.25, 0.3) is 0 Å². The molecule has 2 amide bonds. The van der Waals surface area contributed by atoms with Crippen LogP contribution >= 0.6 is 0 Å². The van der Waals surface area contributed by atoms with Gasteiger partial charge in [-0.25, -0.2) is 9.59 Å². The molecule has 34 heavy (non-hydrogen) atoms. The van der Waals surface area contributed by atoms with Gasteiger partial charge in [0, 0.05) is 12.0 Å². The van der Waals surface area contributed by atoms with Crippen molar-refractivity contribution in [2.24, 2.45) is 17.8 Å². The summed E-state index contributed by atoms with van der Waals surface area (Å²) in [5, 5.41) is 23.7. The van der Waals surface area contributed by atoms with E-state index in [1.807, 2.05) is 24.3 Å². The molecule has 2 aromatic rings. The third-order valence-corrected chi connectivity index (χ3v) is 7.64. The van der Waals surface area contributed by atoms with Crippen LogP contribution in [0.15, 0.2) is 48.5 Å². The van der Waals surface area contributed by atoms with Crippen LogP contribution in [-0.4, -0.2) is 53.5 Å². The molecule has 2 fully saturated rings. The third kappa shape index (κ3) is 3.92. The largest absolute Gasteiger partial charge is 0.480 e. The van der Waals surface area contributed by atoms with Crippen LogP contribution in [0.3, 0.4) is 0 Å². The monoisotopic (exact) mass is 464 g/mol. The number of fused-ring (bicyclic) bond motifs is 5. The molecule has 0 aliphatic heterocycles. The Morgan fingerprint density at radius 2 is 1.59 bits per heavy atom. The molecule has 8 nitrogen and oxygen atoms in total. The van der Waals surface area contributed by atoms with Crippen LogP contribution in [0.2, 0.25) is 0 Å². The second-order valence-electron chi connectivity index (χ2n) is 9.44. The van der Waals surface area contributed by atoms with E-state index in [9.17, 15) is 19.5 Å². The van der Waals surface area contributed by atoms with Crippen molar-refractivity contribution in [2.45, 2.75) is 37.3 Å². The molecule has 0 spiro atoms. The zero-order valence-electron chi connectivity index (χ0n) is 18.6. The first-order valence-electron chi connectivity index (χ1n) is 11.7. The number of aliphatic hydroxyl groups excluding tert-OH is 1. The Bertz CT molecular complexity index is 1070. The normalized spacial score (nSPS) is 25.3. The highest BCUT2D eigenvalue weighted by Gasteiger charge is 2.52. The van der Waals surface area contributed by atoms with Gasteiger partial charge in [0.15, 0.2) is 0 Å².